The summed E-state index contributed by atoms with van der Waals surface area (Å²) in [5.74, 6) is 0.803. The van der Waals surface area contributed by atoms with Gasteiger partial charge in [-0.3, -0.25) is 0 Å². The number of aryl methyl sites for hydroxylation is 2. The number of benzene rings is 1. The van der Waals surface area contributed by atoms with Gasteiger partial charge >= 0.3 is 0 Å². The lowest BCUT2D eigenvalue weighted by molar-refractivity contribution is 0.0831. The molecule has 0 bridgehead atoms. The van der Waals surface area contributed by atoms with E-state index in [1.165, 1.54) is 42.4 Å². The van der Waals surface area contributed by atoms with Crippen molar-refractivity contribution in [1.29, 1.82) is 0 Å². The summed E-state index contributed by atoms with van der Waals surface area (Å²) < 4.78 is 5.99. The number of hydrogen-bond acceptors (Lipinski definition) is 2. The van der Waals surface area contributed by atoms with Crippen molar-refractivity contribution >= 4 is 0 Å². The van der Waals surface area contributed by atoms with Gasteiger partial charge in [-0.15, -0.1) is 0 Å². The van der Waals surface area contributed by atoms with Crippen LogP contribution in [0.25, 0.3) is 0 Å². The molecule has 0 saturated heterocycles. The molecule has 20 heavy (non-hydrogen) atoms. The number of likely N-dealkylation sites (N-methyl/N-ethyl adjacent to an activating group) is 1. The predicted octanol–water partition coefficient (Wildman–Crippen LogP) is 4.16. The Bertz CT molecular complexity index is 410. The molecule has 0 aromatic heterocycles. The lowest BCUT2D eigenvalue weighted by Gasteiger charge is -2.20. The molecule has 0 aliphatic heterocycles. The summed E-state index contributed by atoms with van der Waals surface area (Å²) in [6.45, 7) is 9.20. The fourth-order valence-corrected chi connectivity index (χ4v) is 3.03. The van der Waals surface area contributed by atoms with Crippen molar-refractivity contribution < 1.29 is 4.74 Å². The van der Waals surface area contributed by atoms with Crippen molar-refractivity contribution in [3.05, 3.63) is 34.9 Å². The molecule has 1 atom stereocenters. The van der Waals surface area contributed by atoms with Crippen LogP contribution < -0.4 is 5.32 Å². The van der Waals surface area contributed by atoms with Crippen LogP contribution in [0.5, 0.6) is 0 Å². The molecule has 0 amide bonds. The smallest absolute Gasteiger partial charge is 0.0661 e. The van der Waals surface area contributed by atoms with Crippen LogP contribution in [-0.4, -0.2) is 19.8 Å². The van der Waals surface area contributed by atoms with Gasteiger partial charge in [0.2, 0.25) is 0 Å². The standard InChI is InChI=1S/C18H29NO/c1-4-19-18(13-20-12-16-7-5-6-8-16)17-10-9-14(2)15(3)11-17/h9-11,16,18-19H,4-8,12-13H2,1-3H3. The Morgan fingerprint density at radius 1 is 1.20 bits per heavy atom. The quantitative estimate of drug-likeness (QED) is 0.806. The Morgan fingerprint density at radius 2 is 1.95 bits per heavy atom. The van der Waals surface area contributed by atoms with E-state index < -0.39 is 0 Å². The third kappa shape index (κ3) is 4.32. The van der Waals surface area contributed by atoms with E-state index in [2.05, 4.69) is 44.3 Å². The Kier molecular flexibility index (Phi) is 6.06. The maximum Gasteiger partial charge on any atom is 0.0661 e. The van der Waals surface area contributed by atoms with E-state index in [1.54, 1.807) is 0 Å². The zero-order valence-corrected chi connectivity index (χ0v) is 13.2. The van der Waals surface area contributed by atoms with Gasteiger partial charge in [0.15, 0.2) is 0 Å². The fraction of sp³-hybridized carbons (Fsp3) is 0.667. The minimum atomic E-state index is 0.320. The Labute approximate surface area is 123 Å². The summed E-state index contributed by atoms with van der Waals surface area (Å²) in [6.07, 6.45) is 5.49. The van der Waals surface area contributed by atoms with Gasteiger partial charge < -0.3 is 10.1 Å². The second kappa shape index (κ2) is 7.80. The molecule has 1 aromatic carbocycles. The van der Waals surface area contributed by atoms with E-state index in [1.807, 2.05) is 0 Å². The van der Waals surface area contributed by atoms with Crippen molar-refractivity contribution in [3.63, 3.8) is 0 Å². The average molecular weight is 275 g/mol. The van der Waals surface area contributed by atoms with Crippen LogP contribution in [0.4, 0.5) is 0 Å². The molecule has 2 rings (SSSR count). The Morgan fingerprint density at radius 3 is 2.60 bits per heavy atom. The third-order valence-electron chi connectivity index (χ3n) is 4.50. The molecule has 2 nitrogen and oxygen atoms in total. The molecule has 2 heteroatoms. The Balaban J connectivity index is 1.89. The molecule has 112 valence electrons. The van der Waals surface area contributed by atoms with Crippen LogP contribution >= 0.6 is 0 Å². The number of nitrogens with one attached hydrogen (secondary N) is 1. The lowest BCUT2D eigenvalue weighted by Crippen LogP contribution is -2.26. The minimum Gasteiger partial charge on any atom is -0.379 e. The first kappa shape index (κ1) is 15.5. The third-order valence-corrected chi connectivity index (χ3v) is 4.50. The van der Waals surface area contributed by atoms with Gasteiger partial charge in [0.05, 0.1) is 12.6 Å². The molecule has 0 heterocycles. The average Bonchev–Trinajstić information content (AvgIpc) is 2.94. The van der Waals surface area contributed by atoms with Gasteiger partial charge in [-0.2, -0.15) is 0 Å². The lowest BCUT2D eigenvalue weighted by atomic mass is 10.0. The highest BCUT2D eigenvalue weighted by Gasteiger charge is 2.17. The van der Waals surface area contributed by atoms with E-state index in [-0.39, 0.29) is 0 Å². The topological polar surface area (TPSA) is 21.3 Å². The summed E-state index contributed by atoms with van der Waals surface area (Å²) in [7, 11) is 0. The minimum absolute atomic E-state index is 0.320. The van der Waals surface area contributed by atoms with Crippen LogP contribution in [0, 0.1) is 19.8 Å². The van der Waals surface area contributed by atoms with Crippen LogP contribution in [0.1, 0.15) is 55.3 Å². The van der Waals surface area contributed by atoms with Crippen molar-refractivity contribution in [1.82, 2.24) is 5.32 Å². The molecule has 1 saturated carbocycles. The van der Waals surface area contributed by atoms with Crippen LogP contribution in [0.15, 0.2) is 18.2 Å². The molecular weight excluding hydrogens is 246 g/mol. The first-order chi connectivity index (χ1) is 9.70. The van der Waals surface area contributed by atoms with Gasteiger partial charge in [-0.1, -0.05) is 38.0 Å². The fourth-order valence-electron chi connectivity index (χ4n) is 3.03. The number of ether oxygens (including phenoxy) is 1. The van der Waals surface area contributed by atoms with Crippen LogP contribution in [-0.2, 0) is 4.74 Å². The zero-order chi connectivity index (χ0) is 14.4. The monoisotopic (exact) mass is 275 g/mol. The van der Waals surface area contributed by atoms with Crippen molar-refractivity contribution in [2.24, 2.45) is 5.92 Å². The van der Waals surface area contributed by atoms with Crippen molar-refractivity contribution in [2.45, 2.75) is 52.5 Å². The Hall–Kier alpha value is -0.860. The van der Waals surface area contributed by atoms with Crippen molar-refractivity contribution in [2.75, 3.05) is 19.8 Å². The molecule has 0 radical (unpaired) electrons. The highest BCUT2D eigenvalue weighted by Crippen LogP contribution is 2.25. The molecule has 1 unspecified atom stereocenters. The second-order valence-electron chi connectivity index (χ2n) is 6.14. The molecule has 1 aliphatic carbocycles. The summed E-state index contributed by atoms with van der Waals surface area (Å²) in [4.78, 5) is 0. The summed E-state index contributed by atoms with van der Waals surface area (Å²) in [5.41, 5.74) is 4.07. The maximum absolute atomic E-state index is 5.99. The summed E-state index contributed by atoms with van der Waals surface area (Å²) in [6, 6.07) is 7.06. The zero-order valence-electron chi connectivity index (χ0n) is 13.2. The van der Waals surface area contributed by atoms with Gasteiger partial charge in [-0.05, 0) is 55.8 Å². The highest BCUT2D eigenvalue weighted by atomic mass is 16.5. The first-order valence-corrected chi connectivity index (χ1v) is 8.09. The van der Waals surface area contributed by atoms with E-state index >= 15 is 0 Å². The molecule has 1 fully saturated rings. The maximum atomic E-state index is 5.99. The van der Waals surface area contributed by atoms with Gasteiger partial charge in [-0.25, -0.2) is 0 Å². The molecule has 0 spiro atoms. The van der Waals surface area contributed by atoms with E-state index in [0.717, 1.165) is 25.7 Å². The summed E-state index contributed by atoms with van der Waals surface area (Å²) >= 11 is 0. The predicted molar refractivity (Wildman–Crippen MR) is 85.1 cm³/mol. The molecule has 1 N–H and O–H groups in total. The van der Waals surface area contributed by atoms with Crippen molar-refractivity contribution in [3.8, 4) is 0 Å². The first-order valence-electron chi connectivity index (χ1n) is 8.09. The van der Waals surface area contributed by atoms with E-state index in [0.29, 0.717) is 6.04 Å². The van der Waals surface area contributed by atoms with Crippen LogP contribution in [0.2, 0.25) is 0 Å². The number of rotatable bonds is 7. The van der Waals surface area contributed by atoms with Gasteiger partial charge in [0.1, 0.15) is 0 Å². The second-order valence-corrected chi connectivity index (χ2v) is 6.14. The molecule has 1 aromatic rings. The van der Waals surface area contributed by atoms with E-state index in [4.69, 9.17) is 4.74 Å². The van der Waals surface area contributed by atoms with E-state index in [9.17, 15) is 0 Å². The summed E-state index contributed by atoms with van der Waals surface area (Å²) in [5, 5.41) is 3.55. The van der Waals surface area contributed by atoms with Crippen LogP contribution in [0.3, 0.4) is 0 Å². The van der Waals surface area contributed by atoms with Gasteiger partial charge in [0.25, 0.3) is 0 Å². The normalized spacial score (nSPS) is 17.6. The molecular formula is C18H29NO. The molecule has 1 aliphatic rings. The highest BCUT2D eigenvalue weighted by molar-refractivity contribution is 5.31. The SMILES string of the molecule is CCNC(COCC1CCCC1)c1ccc(C)c(C)c1. The van der Waals surface area contributed by atoms with Gasteiger partial charge in [0, 0.05) is 6.61 Å². The largest absolute Gasteiger partial charge is 0.379 e. The number of hydrogen-bond donors (Lipinski definition) is 1.